The van der Waals surface area contributed by atoms with Crippen LogP contribution in [0.4, 0.5) is 0 Å². The third kappa shape index (κ3) is 10.9. The number of benzene rings is 1. The Labute approximate surface area is 168 Å². The van der Waals surface area contributed by atoms with Gasteiger partial charge in [-0.2, -0.15) is 0 Å². The van der Waals surface area contributed by atoms with Crippen LogP contribution >= 0.6 is 0 Å². The molecule has 1 aromatic carbocycles. The fraction of sp³-hybridized carbons (Fsp3) is 0.550. The van der Waals surface area contributed by atoms with Crippen molar-refractivity contribution in [3.05, 3.63) is 36.4 Å². The summed E-state index contributed by atoms with van der Waals surface area (Å²) in [6.07, 6.45) is 10.4. The summed E-state index contributed by atoms with van der Waals surface area (Å²) in [4.78, 5) is 10.5. The molecule has 24 heavy (non-hydrogen) atoms. The van der Waals surface area contributed by atoms with Crippen LogP contribution < -0.4 is 39.4 Å². The van der Waals surface area contributed by atoms with Crippen LogP contribution in [0.25, 0.3) is 6.08 Å². The summed E-state index contributed by atoms with van der Waals surface area (Å²) in [5.74, 6) is -0.0959. The van der Waals surface area contributed by atoms with E-state index in [2.05, 4.69) is 13.5 Å². The molecule has 3 nitrogen and oxygen atoms in total. The predicted octanol–water partition coefficient (Wildman–Crippen LogP) is 1.36. The standard InChI is InChI=1S/C20H30O3.Na/c1-3-5-6-7-10-18(11-8-9-12-20(21)22)23-19-15-13-17(4-2)14-16-19;/h4,13-16,18H,2-3,5-12H2,1H3,(H,21,22);/q;+1/p-1. The Hall–Kier alpha value is -0.770. The number of hydrogen-bond donors (Lipinski definition) is 0. The first-order chi connectivity index (χ1) is 11.2. The van der Waals surface area contributed by atoms with E-state index >= 15 is 0 Å². The van der Waals surface area contributed by atoms with E-state index in [4.69, 9.17) is 4.74 Å². The largest absolute Gasteiger partial charge is 1.00 e. The maximum Gasteiger partial charge on any atom is 1.00 e. The van der Waals surface area contributed by atoms with Gasteiger partial charge in [-0.3, -0.25) is 0 Å². The Kier molecular flexibility index (Phi) is 14.1. The van der Waals surface area contributed by atoms with Crippen LogP contribution in [-0.4, -0.2) is 12.1 Å². The summed E-state index contributed by atoms with van der Waals surface area (Å²) in [5, 5.41) is 10.5. The average Bonchev–Trinajstić information content (AvgIpc) is 2.55. The normalized spacial score (nSPS) is 11.4. The first-order valence-electron chi connectivity index (χ1n) is 8.74. The van der Waals surface area contributed by atoms with Gasteiger partial charge in [0, 0.05) is 5.97 Å². The number of hydrogen-bond acceptors (Lipinski definition) is 3. The van der Waals surface area contributed by atoms with Crippen molar-refractivity contribution in [2.75, 3.05) is 0 Å². The van der Waals surface area contributed by atoms with Gasteiger partial charge in [0.1, 0.15) is 5.75 Å². The molecular weight excluding hydrogens is 311 g/mol. The van der Waals surface area contributed by atoms with Crippen LogP contribution in [0.5, 0.6) is 5.75 Å². The Morgan fingerprint density at radius 3 is 2.29 bits per heavy atom. The Balaban J connectivity index is 0.00000529. The minimum absolute atomic E-state index is 0. The molecule has 0 amide bonds. The van der Waals surface area contributed by atoms with Gasteiger partial charge in [-0.25, -0.2) is 0 Å². The summed E-state index contributed by atoms with van der Waals surface area (Å²) in [5.41, 5.74) is 1.07. The SMILES string of the molecule is C=Cc1ccc(OC(CCCCCC)CCCCC(=O)[O-])cc1.[Na+]. The van der Waals surface area contributed by atoms with Crippen molar-refractivity contribution >= 4 is 12.0 Å². The number of ether oxygens (including phenoxy) is 1. The summed E-state index contributed by atoms with van der Waals surface area (Å²) >= 11 is 0. The van der Waals surface area contributed by atoms with Crippen molar-refractivity contribution in [3.8, 4) is 5.75 Å². The van der Waals surface area contributed by atoms with Gasteiger partial charge < -0.3 is 14.6 Å². The van der Waals surface area contributed by atoms with Crippen molar-refractivity contribution in [2.24, 2.45) is 0 Å². The quantitative estimate of drug-likeness (QED) is 0.402. The average molecular weight is 340 g/mol. The van der Waals surface area contributed by atoms with E-state index in [0.29, 0.717) is 6.42 Å². The predicted molar refractivity (Wildman–Crippen MR) is 93.2 cm³/mol. The Bertz CT molecular complexity index is 456. The minimum Gasteiger partial charge on any atom is -0.550 e. The van der Waals surface area contributed by atoms with E-state index in [0.717, 1.165) is 37.0 Å². The first-order valence-corrected chi connectivity index (χ1v) is 8.74. The number of carbonyl (C=O) groups excluding carboxylic acids is 1. The summed E-state index contributed by atoms with van der Waals surface area (Å²) < 4.78 is 6.10. The van der Waals surface area contributed by atoms with Gasteiger partial charge in [0.05, 0.1) is 6.10 Å². The van der Waals surface area contributed by atoms with E-state index in [1.165, 1.54) is 19.3 Å². The molecule has 1 unspecified atom stereocenters. The molecule has 1 rings (SSSR count). The number of carboxylic acid groups (broad SMARTS) is 1. The second-order valence-electron chi connectivity index (χ2n) is 5.98. The molecule has 0 aliphatic rings. The zero-order chi connectivity index (χ0) is 16.9. The van der Waals surface area contributed by atoms with Crippen molar-refractivity contribution < 1.29 is 44.2 Å². The molecule has 128 valence electrons. The fourth-order valence-corrected chi connectivity index (χ4v) is 2.58. The van der Waals surface area contributed by atoms with E-state index < -0.39 is 5.97 Å². The number of carbonyl (C=O) groups is 1. The smallest absolute Gasteiger partial charge is 0.550 e. The molecule has 1 atom stereocenters. The maximum atomic E-state index is 10.5. The van der Waals surface area contributed by atoms with Gasteiger partial charge in [0.2, 0.25) is 0 Å². The number of unbranched alkanes of at least 4 members (excludes halogenated alkanes) is 4. The van der Waals surface area contributed by atoms with Crippen molar-refractivity contribution in [3.63, 3.8) is 0 Å². The van der Waals surface area contributed by atoms with E-state index in [-0.39, 0.29) is 42.1 Å². The van der Waals surface area contributed by atoms with Gasteiger partial charge in [-0.1, -0.05) is 51.0 Å². The Morgan fingerprint density at radius 1 is 1.12 bits per heavy atom. The summed E-state index contributed by atoms with van der Waals surface area (Å²) in [7, 11) is 0. The first kappa shape index (κ1) is 23.2. The topological polar surface area (TPSA) is 49.4 Å². The molecule has 1 aromatic rings. The third-order valence-electron chi connectivity index (χ3n) is 3.96. The van der Waals surface area contributed by atoms with Crippen LogP contribution in [0, 0.1) is 0 Å². The number of rotatable bonds is 13. The van der Waals surface area contributed by atoms with Crippen LogP contribution in [0.15, 0.2) is 30.8 Å². The molecule has 4 heteroatoms. The molecule has 0 saturated carbocycles. The summed E-state index contributed by atoms with van der Waals surface area (Å²) in [6.45, 7) is 5.95. The molecule has 0 fully saturated rings. The van der Waals surface area contributed by atoms with Gasteiger partial charge in [0.25, 0.3) is 0 Å². The maximum absolute atomic E-state index is 10.5. The van der Waals surface area contributed by atoms with Crippen LogP contribution in [-0.2, 0) is 4.79 Å². The van der Waals surface area contributed by atoms with E-state index in [1.807, 2.05) is 30.3 Å². The van der Waals surface area contributed by atoms with Gasteiger partial charge >= 0.3 is 29.6 Å². The monoisotopic (exact) mass is 340 g/mol. The second kappa shape index (κ2) is 14.6. The molecule has 0 saturated heterocycles. The second-order valence-corrected chi connectivity index (χ2v) is 5.98. The molecule has 0 aromatic heterocycles. The zero-order valence-corrected chi connectivity index (χ0v) is 17.3. The van der Waals surface area contributed by atoms with E-state index in [9.17, 15) is 9.90 Å². The van der Waals surface area contributed by atoms with Crippen LogP contribution in [0.1, 0.15) is 70.3 Å². The molecule has 0 spiro atoms. The van der Waals surface area contributed by atoms with Gasteiger partial charge in [-0.05, 0) is 56.2 Å². The molecule has 0 N–H and O–H groups in total. The number of aliphatic carboxylic acids is 1. The minimum atomic E-state index is -0.967. The van der Waals surface area contributed by atoms with Gasteiger partial charge in [-0.15, -0.1) is 0 Å². The van der Waals surface area contributed by atoms with Crippen LogP contribution in [0.3, 0.4) is 0 Å². The molecule has 0 aliphatic carbocycles. The zero-order valence-electron chi connectivity index (χ0n) is 15.3. The van der Waals surface area contributed by atoms with Crippen molar-refractivity contribution in [1.29, 1.82) is 0 Å². The summed E-state index contributed by atoms with van der Waals surface area (Å²) in [6, 6.07) is 7.92. The molecule has 0 heterocycles. The van der Waals surface area contributed by atoms with Crippen molar-refractivity contribution in [2.45, 2.75) is 70.8 Å². The molecule has 0 bridgehead atoms. The van der Waals surface area contributed by atoms with Gasteiger partial charge in [0.15, 0.2) is 0 Å². The fourth-order valence-electron chi connectivity index (χ4n) is 2.58. The molecular formula is C20H29NaO3. The number of carboxylic acids is 1. The third-order valence-corrected chi connectivity index (χ3v) is 3.96. The molecule has 0 aliphatic heterocycles. The van der Waals surface area contributed by atoms with Crippen LogP contribution in [0.2, 0.25) is 0 Å². The Morgan fingerprint density at radius 2 is 1.75 bits per heavy atom. The molecule has 0 radical (unpaired) electrons. The van der Waals surface area contributed by atoms with Crippen molar-refractivity contribution in [1.82, 2.24) is 0 Å². The van der Waals surface area contributed by atoms with E-state index in [1.54, 1.807) is 0 Å².